The first-order valence-corrected chi connectivity index (χ1v) is 7.97. The van der Waals surface area contributed by atoms with E-state index in [-0.39, 0.29) is 15.6 Å². The summed E-state index contributed by atoms with van der Waals surface area (Å²) in [6, 6.07) is 7.60. The van der Waals surface area contributed by atoms with Gasteiger partial charge in [0.2, 0.25) is 0 Å². The Balaban J connectivity index is 2.37. The number of halogens is 3. The summed E-state index contributed by atoms with van der Waals surface area (Å²) in [6.45, 7) is 0. The van der Waals surface area contributed by atoms with Crippen molar-refractivity contribution >= 4 is 48.9 Å². The van der Waals surface area contributed by atoms with Crippen LogP contribution >= 0.6 is 27.5 Å². The van der Waals surface area contributed by atoms with Gasteiger partial charge in [-0.3, -0.25) is 4.72 Å². The Labute approximate surface area is 128 Å². The van der Waals surface area contributed by atoms with Gasteiger partial charge in [-0.25, -0.2) is 12.8 Å². The molecule has 0 aromatic heterocycles. The summed E-state index contributed by atoms with van der Waals surface area (Å²) < 4.78 is 40.2. The highest BCUT2D eigenvalue weighted by Crippen LogP contribution is 2.25. The minimum absolute atomic E-state index is 0.000964. The van der Waals surface area contributed by atoms with Gasteiger partial charge in [0.1, 0.15) is 5.82 Å². The van der Waals surface area contributed by atoms with Crippen LogP contribution in [0, 0.1) is 5.82 Å². The summed E-state index contributed by atoms with van der Waals surface area (Å²) >= 11 is 8.82. The maximum atomic E-state index is 13.2. The number of anilines is 2. The molecule has 0 unspecified atom stereocenters. The number of benzene rings is 2. The van der Waals surface area contributed by atoms with E-state index >= 15 is 0 Å². The molecule has 20 heavy (non-hydrogen) atoms. The first kappa shape index (κ1) is 15.1. The molecule has 4 nitrogen and oxygen atoms in total. The minimum Gasteiger partial charge on any atom is -0.398 e. The van der Waals surface area contributed by atoms with E-state index < -0.39 is 15.8 Å². The second-order valence-electron chi connectivity index (χ2n) is 3.95. The molecule has 2 rings (SSSR count). The molecule has 8 heteroatoms. The number of nitrogen functional groups attached to an aromatic ring is 1. The molecule has 0 aliphatic rings. The van der Waals surface area contributed by atoms with Crippen molar-refractivity contribution in [3.63, 3.8) is 0 Å². The van der Waals surface area contributed by atoms with Gasteiger partial charge in [0.05, 0.1) is 10.6 Å². The molecule has 2 aromatic carbocycles. The van der Waals surface area contributed by atoms with Crippen LogP contribution < -0.4 is 10.5 Å². The number of hydrogen-bond acceptors (Lipinski definition) is 3. The van der Waals surface area contributed by atoms with E-state index in [9.17, 15) is 12.8 Å². The molecule has 0 radical (unpaired) electrons. The summed E-state index contributed by atoms with van der Waals surface area (Å²) in [5.74, 6) is -0.631. The van der Waals surface area contributed by atoms with Gasteiger partial charge in [-0.15, -0.1) is 0 Å². The van der Waals surface area contributed by atoms with Gasteiger partial charge in [-0.1, -0.05) is 11.6 Å². The average Bonchev–Trinajstić information content (AvgIpc) is 2.30. The normalized spacial score (nSPS) is 11.3. The van der Waals surface area contributed by atoms with Gasteiger partial charge in [-0.2, -0.15) is 0 Å². The van der Waals surface area contributed by atoms with Gasteiger partial charge in [0.25, 0.3) is 10.0 Å². The van der Waals surface area contributed by atoms with E-state index in [1.807, 2.05) is 0 Å². The molecule has 0 heterocycles. The molecular formula is C12H9BrClFN2O2S. The second-order valence-corrected chi connectivity index (χ2v) is 6.92. The predicted molar refractivity (Wildman–Crippen MR) is 80.8 cm³/mol. The van der Waals surface area contributed by atoms with E-state index in [1.54, 1.807) is 0 Å². The lowest BCUT2D eigenvalue weighted by Gasteiger charge is -2.09. The molecule has 3 N–H and O–H groups in total. The molecule has 0 bridgehead atoms. The molecule has 0 atom stereocenters. The number of nitrogens with one attached hydrogen (secondary N) is 1. The van der Waals surface area contributed by atoms with Crippen LogP contribution in [0.15, 0.2) is 45.8 Å². The number of nitrogens with two attached hydrogens (primary N) is 1. The van der Waals surface area contributed by atoms with Gasteiger partial charge in [0, 0.05) is 15.2 Å². The molecule has 0 aliphatic heterocycles. The van der Waals surface area contributed by atoms with Crippen molar-refractivity contribution in [2.45, 2.75) is 4.90 Å². The lowest BCUT2D eigenvalue weighted by Crippen LogP contribution is -2.13. The smallest absolute Gasteiger partial charge is 0.261 e. The Morgan fingerprint density at radius 2 is 1.90 bits per heavy atom. The molecule has 0 amide bonds. The SMILES string of the molecule is Nc1ccc(S(=O)(=O)Nc2cc(F)cc(Cl)c2)cc1Br. The van der Waals surface area contributed by atoms with Crippen molar-refractivity contribution in [2.24, 2.45) is 0 Å². The highest BCUT2D eigenvalue weighted by atomic mass is 79.9. The van der Waals surface area contributed by atoms with Gasteiger partial charge >= 0.3 is 0 Å². The summed E-state index contributed by atoms with van der Waals surface area (Å²) in [7, 11) is -3.85. The average molecular weight is 380 g/mol. The zero-order valence-electron chi connectivity index (χ0n) is 9.90. The van der Waals surface area contributed by atoms with E-state index in [1.165, 1.54) is 24.3 Å². The maximum Gasteiger partial charge on any atom is 0.261 e. The Morgan fingerprint density at radius 1 is 1.20 bits per heavy atom. The first-order chi connectivity index (χ1) is 9.28. The van der Waals surface area contributed by atoms with Gasteiger partial charge in [0.15, 0.2) is 0 Å². The molecule has 0 saturated carbocycles. The van der Waals surface area contributed by atoms with Gasteiger partial charge < -0.3 is 5.73 Å². The van der Waals surface area contributed by atoms with Gasteiger partial charge in [-0.05, 0) is 52.3 Å². The van der Waals surface area contributed by atoms with E-state index in [2.05, 4.69) is 20.7 Å². The zero-order chi connectivity index (χ0) is 14.9. The lowest BCUT2D eigenvalue weighted by atomic mass is 10.3. The number of sulfonamides is 1. The Hall–Kier alpha value is -1.31. The topological polar surface area (TPSA) is 72.2 Å². The Morgan fingerprint density at radius 3 is 2.50 bits per heavy atom. The first-order valence-electron chi connectivity index (χ1n) is 5.32. The molecule has 0 saturated heterocycles. The van der Waals surface area contributed by atoms with Crippen LogP contribution in [0.5, 0.6) is 0 Å². The largest absolute Gasteiger partial charge is 0.398 e. The summed E-state index contributed by atoms with van der Waals surface area (Å²) in [4.78, 5) is -0.000964. The molecule has 0 spiro atoms. The zero-order valence-corrected chi connectivity index (χ0v) is 13.1. The molecule has 2 aromatic rings. The summed E-state index contributed by atoms with van der Waals surface area (Å²) in [5.41, 5.74) is 6.05. The lowest BCUT2D eigenvalue weighted by molar-refractivity contribution is 0.601. The van der Waals surface area contributed by atoms with Crippen molar-refractivity contribution in [3.8, 4) is 0 Å². The van der Waals surface area contributed by atoms with Crippen LogP contribution in [0.25, 0.3) is 0 Å². The molecular weight excluding hydrogens is 371 g/mol. The number of hydrogen-bond donors (Lipinski definition) is 2. The fraction of sp³-hybridized carbons (Fsp3) is 0. The van der Waals surface area contributed by atoms with Crippen LogP contribution in [0.3, 0.4) is 0 Å². The summed E-state index contributed by atoms with van der Waals surface area (Å²) in [6.07, 6.45) is 0. The minimum atomic E-state index is -3.85. The number of rotatable bonds is 3. The maximum absolute atomic E-state index is 13.2. The molecule has 0 aliphatic carbocycles. The van der Waals surface area contributed by atoms with Crippen molar-refractivity contribution in [3.05, 3.63) is 51.7 Å². The predicted octanol–water partition coefficient (Wildman–Crippen LogP) is 3.62. The highest BCUT2D eigenvalue weighted by Gasteiger charge is 2.16. The van der Waals surface area contributed by atoms with Crippen LogP contribution in [-0.2, 0) is 10.0 Å². The standard InChI is InChI=1S/C12H9BrClFN2O2S/c13-11-6-10(1-2-12(11)16)20(18,19)17-9-4-7(14)3-8(15)5-9/h1-6,17H,16H2. The monoisotopic (exact) mass is 378 g/mol. The van der Waals surface area contributed by atoms with E-state index in [4.69, 9.17) is 17.3 Å². The fourth-order valence-electron chi connectivity index (χ4n) is 1.50. The van der Waals surface area contributed by atoms with Crippen LogP contribution in [0.4, 0.5) is 15.8 Å². The quantitative estimate of drug-likeness (QED) is 0.800. The molecule has 106 valence electrons. The van der Waals surface area contributed by atoms with Crippen molar-refractivity contribution in [2.75, 3.05) is 10.5 Å². The van der Waals surface area contributed by atoms with E-state index in [0.29, 0.717) is 10.2 Å². The van der Waals surface area contributed by atoms with E-state index in [0.717, 1.165) is 12.1 Å². The third-order valence-electron chi connectivity index (χ3n) is 2.40. The third kappa shape index (κ3) is 3.41. The van der Waals surface area contributed by atoms with Crippen molar-refractivity contribution < 1.29 is 12.8 Å². The Kier molecular flexibility index (Phi) is 4.22. The third-order valence-corrected chi connectivity index (χ3v) is 4.68. The van der Waals surface area contributed by atoms with Crippen LogP contribution in [0.1, 0.15) is 0 Å². The van der Waals surface area contributed by atoms with Crippen molar-refractivity contribution in [1.29, 1.82) is 0 Å². The second kappa shape index (κ2) is 5.59. The fourth-order valence-corrected chi connectivity index (χ4v) is 3.32. The van der Waals surface area contributed by atoms with Crippen molar-refractivity contribution in [1.82, 2.24) is 0 Å². The van der Waals surface area contributed by atoms with Crippen LogP contribution in [-0.4, -0.2) is 8.42 Å². The molecule has 0 fully saturated rings. The van der Waals surface area contributed by atoms with Crippen LogP contribution in [0.2, 0.25) is 5.02 Å². The Bertz CT molecular complexity index is 748. The summed E-state index contributed by atoms with van der Waals surface area (Å²) in [5, 5.41) is 0.0983. The highest BCUT2D eigenvalue weighted by molar-refractivity contribution is 9.10.